The van der Waals surface area contributed by atoms with E-state index in [0.29, 0.717) is 12.0 Å². The minimum atomic E-state index is 0. The summed E-state index contributed by atoms with van der Waals surface area (Å²) in [6.07, 6.45) is 4.99. The van der Waals surface area contributed by atoms with Crippen LogP contribution in [0.25, 0.3) is 0 Å². The van der Waals surface area contributed by atoms with Crippen molar-refractivity contribution >= 4 is 24.8 Å². The minimum absolute atomic E-state index is 0. The summed E-state index contributed by atoms with van der Waals surface area (Å²) in [6.45, 7) is 1.12. The topological polar surface area (TPSA) is 53.6 Å². The predicted octanol–water partition coefficient (Wildman–Crippen LogP) is 1.95. The molecule has 2 fully saturated rings. The third kappa shape index (κ3) is 2.62. The number of H-pyrrole nitrogens is 1. The van der Waals surface area contributed by atoms with Gasteiger partial charge >= 0.3 is 0 Å². The number of halogens is 2. The number of hydrogen-bond acceptors (Lipinski definition) is 3. The molecule has 0 radical (unpaired) electrons. The molecule has 2 N–H and O–H groups in total. The van der Waals surface area contributed by atoms with E-state index in [1.807, 2.05) is 0 Å². The van der Waals surface area contributed by atoms with Crippen LogP contribution in [0.15, 0.2) is 0 Å². The zero-order valence-electron chi connectivity index (χ0n) is 8.40. The average molecular weight is 251 g/mol. The molecule has 3 rings (SSSR count). The summed E-state index contributed by atoms with van der Waals surface area (Å²) < 4.78 is 0. The van der Waals surface area contributed by atoms with Gasteiger partial charge in [0.2, 0.25) is 0 Å². The zero-order chi connectivity index (χ0) is 8.67. The number of rotatable bonds is 2. The van der Waals surface area contributed by atoms with Crippen LogP contribution in [0.5, 0.6) is 0 Å². The first-order valence-corrected chi connectivity index (χ1v) is 5.09. The fourth-order valence-electron chi connectivity index (χ4n) is 1.89. The molecule has 1 saturated heterocycles. The molecule has 0 amide bonds. The van der Waals surface area contributed by atoms with Crippen LogP contribution in [0.3, 0.4) is 0 Å². The van der Waals surface area contributed by atoms with Crippen LogP contribution < -0.4 is 5.32 Å². The number of nitrogens with zero attached hydrogens (tertiary/aromatic N) is 2. The lowest BCUT2D eigenvalue weighted by Crippen LogP contribution is -2.14. The average Bonchev–Trinajstić information content (AvgIpc) is 2.72. The molecule has 1 unspecified atom stereocenters. The smallest absolute Gasteiger partial charge is 0.153 e. The van der Waals surface area contributed by atoms with E-state index in [-0.39, 0.29) is 24.8 Å². The number of hydrogen-bond donors (Lipinski definition) is 2. The molecule has 15 heavy (non-hydrogen) atoms. The summed E-state index contributed by atoms with van der Waals surface area (Å²) in [5.41, 5.74) is 0. The minimum Gasteiger partial charge on any atom is -0.307 e. The highest BCUT2D eigenvalue weighted by Crippen LogP contribution is 2.38. The Morgan fingerprint density at radius 3 is 2.53 bits per heavy atom. The first-order valence-electron chi connectivity index (χ1n) is 5.09. The van der Waals surface area contributed by atoms with Crippen molar-refractivity contribution in [3.05, 3.63) is 11.6 Å². The standard InChI is InChI=1S/C9H14N4.2ClH/c1-2-7(10-5-1)9-11-8(12-13-9)6-3-4-6;;/h6-7,10H,1-5H2,(H,11,12,13);2*1H. The Morgan fingerprint density at radius 1 is 1.13 bits per heavy atom. The lowest BCUT2D eigenvalue weighted by Gasteiger charge is -2.03. The van der Waals surface area contributed by atoms with E-state index in [1.54, 1.807) is 0 Å². The summed E-state index contributed by atoms with van der Waals surface area (Å²) in [5.74, 6) is 2.73. The second-order valence-corrected chi connectivity index (χ2v) is 4.00. The summed E-state index contributed by atoms with van der Waals surface area (Å²) in [4.78, 5) is 4.53. The molecular formula is C9H16Cl2N4. The lowest BCUT2D eigenvalue weighted by molar-refractivity contribution is 0.607. The Bertz CT molecular complexity index is 305. The Hall–Kier alpha value is -0.320. The lowest BCUT2D eigenvalue weighted by atomic mass is 10.2. The molecule has 0 bridgehead atoms. The van der Waals surface area contributed by atoms with Crippen LogP contribution in [-0.2, 0) is 0 Å². The largest absolute Gasteiger partial charge is 0.307 e. The van der Waals surface area contributed by atoms with Gasteiger partial charge in [0.05, 0.1) is 6.04 Å². The molecule has 1 aromatic heterocycles. The van der Waals surface area contributed by atoms with Gasteiger partial charge in [-0.25, -0.2) is 4.98 Å². The quantitative estimate of drug-likeness (QED) is 0.844. The normalized spacial score (nSPS) is 24.4. The number of nitrogens with one attached hydrogen (secondary N) is 2. The second kappa shape index (κ2) is 5.14. The Labute approximate surface area is 101 Å². The van der Waals surface area contributed by atoms with Gasteiger partial charge in [0, 0.05) is 5.92 Å². The zero-order valence-corrected chi connectivity index (χ0v) is 10.0. The van der Waals surface area contributed by atoms with Crippen LogP contribution in [-0.4, -0.2) is 21.7 Å². The Kier molecular flexibility index (Phi) is 4.37. The van der Waals surface area contributed by atoms with E-state index in [2.05, 4.69) is 20.5 Å². The monoisotopic (exact) mass is 250 g/mol. The van der Waals surface area contributed by atoms with Crippen LogP contribution in [0.1, 0.15) is 49.3 Å². The van der Waals surface area contributed by atoms with Crippen LogP contribution in [0.2, 0.25) is 0 Å². The van der Waals surface area contributed by atoms with E-state index >= 15 is 0 Å². The van der Waals surface area contributed by atoms with Gasteiger partial charge in [-0.2, -0.15) is 5.10 Å². The maximum absolute atomic E-state index is 4.53. The SMILES string of the molecule is C1CNC(c2nc(C3CC3)n[nH]2)C1.Cl.Cl. The van der Waals surface area contributed by atoms with Crippen molar-refractivity contribution in [2.75, 3.05) is 6.54 Å². The summed E-state index contributed by atoms with van der Waals surface area (Å²) in [7, 11) is 0. The molecule has 2 aliphatic rings. The molecule has 1 aliphatic carbocycles. The summed E-state index contributed by atoms with van der Waals surface area (Å²) in [5, 5.41) is 10.7. The molecule has 0 aromatic carbocycles. The Balaban J connectivity index is 0.000000562. The fraction of sp³-hybridized carbons (Fsp3) is 0.778. The maximum Gasteiger partial charge on any atom is 0.153 e. The summed E-state index contributed by atoms with van der Waals surface area (Å²) in [6, 6.07) is 0.431. The predicted molar refractivity (Wildman–Crippen MR) is 62.8 cm³/mol. The van der Waals surface area contributed by atoms with Crippen molar-refractivity contribution in [2.45, 2.75) is 37.6 Å². The van der Waals surface area contributed by atoms with Crippen molar-refractivity contribution in [3.8, 4) is 0 Å². The number of aromatic nitrogens is 3. The molecule has 1 atom stereocenters. The molecule has 86 valence electrons. The number of aromatic amines is 1. The molecule has 1 saturated carbocycles. The van der Waals surface area contributed by atoms with Crippen molar-refractivity contribution in [2.24, 2.45) is 0 Å². The Morgan fingerprint density at radius 2 is 1.93 bits per heavy atom. The second-order valence-electron chi connectivity index (χ2n) is 4.00. The van der Waals surface area contributed by atoms with Gasteiger partial charge < -0.3 is 5.32 Å². The molecule has 1 aliphatic heterocycles. The van der Waals surface area contributed by atoms with Gasteiger partial charge in [-0.3, -0.25) is 5.10 Å². The van der Waals surface area contributed by atoms with Crippen molar-refractivity contribution in [3.63, 3.8) is 0 Å². The van der Waals surface area contributed by atoms with E-state index in [1.165, 1.54) is 25.7 Å². The van der Waals surface area contributed by atoms with Gasteiger partial charge in [0.1, 0.15) is 5.82 Å². The van der Waals surface area contributed by atoms with Crippen molar-refractivity contribution < 1.29 is 0 Å². The van der Waals surface area contributed by atoms with Gasteiger partial charge in [-0.1, -0.05) is 0 Å². The third-order valence-electron chi connectivity index (χ3n) is 2.85. The summed E-state index contributed by atoms with van der Waals surface area (Å²) >= 11 is 0. The molecule has 0 spiro atoms. The van der Waals surface area contributed by atoms with E-state index < -0.39 is 0 Å². The van der Waals surface area contributed by atoms with Gasteiger partial charge in [0.25, 0.3) is 0 Å². The highest BCUT2D eigenvalue weighted by atomic mass is 35.5. The molecule has 2 heterocycles. The molecule has 6 heteroatoms. The van der Waals surface area contributed by atoms with Gasteiger partial charge in [-0.15, -0.1) is 24.8 Å². The van der Waals surface area contributed by atoms with Crippen molar-refractivity contribution in [1.29, 1.82) is 0 Å². The van der Waals surface area contributed by atoms with E-state index in [4.69, 9.17) is 0 Å². The third-order valence-corrected chi connectivity index (χ3v) is 2.85. The molecular weight excluding hydrogens is 235 g/mol. The molecule has 4 nitrogen and oxygen atoms in total. The highest BCUT2D eigenvalue weighted by Gasteiger charge is 2.29. The maximum atomic E-state index is 4.53. The first kappa shape index (κ1) is 12.7. The van der Waals surface area contributed by atoms with Gasteiger partial charge in [0.15, 0.2) is 5.82 Å². The highest BCUT2D eigenvalue weighted by molar-refractivity contribution is 5.85. The van der Waals surface area contributed by atoms with Gasteiger partial charge in [-0.05, 0) is 32.2 Å². The van der Waals surface area contributed by atoms with Crippen LogP contribution >= 0.6 is 24.8 Å². The van der Waals surface area contributed by atoms with E-state index in [9.17, 15) is 0 Å². The van der Waals surface area contributed by atoms with Crippen molar-refractivity contribution in [1.82, 2.24) is 20.5 Å². The fourth-order valence-corrected chi connectivity index (χ4v) is 1.89. The first-order chi connectivity index (χ1) is 6.43. The molecule has 1 aromatic rings. The van der Waals surface area contributed by atoms with Crippen LogP contribution in [0.4, 0.5) is 0 Å². The van der Waals surface area contributed by atoms with E-state index in [0.717, 1.165) is 18.2 Å². The van der Waals surface area contributed by atoms with Crippen LogP contribution in [0, 0.1) is 0 Å².